The molecule has 0 aliphatic carbocycles. The van der Waals surface area contributed by atoms with Crippen LogP contribution < -0.4 is 5.32 Å². The molecule has 2 aromatic carbocycles. The summed E-state index contributed by atoms with van der Waals surface area (Å²) in [6, 6.07) is 9.27. The summed E-state index contributed by atoms with van der Waals surface area (Å²) < 4.78 is 47.8. The van der Waals surface area contributed by atoms with Crippen LogP contribution in [0.4, 0.5) is 5.69 Å². The normalized spacial score (nSPS) is 15.1. The highest BCUT2D eigenvalue weighted by atomic mass is 32.2. The molecular weight excluding hydrogens is 400 g/mol. The van der Waals surface area contributed by atoms with Crippen LogP contribution >= 0.6 is 0 Å². The Hall–Kier alpha value is -2.23. The number of rotatable bonds is 4. The number of nitrogens with one attached hydrogen (secondary N) is 1. The fourth-order valence-electron chi connectivity index (χ4n) is 3.22. The van der Waals surface area contributed by atoms with Crippen molar-refractivity contribution in [3.05, 3.63) is 53.1 Å². The Morgan fingerprint density at radius 2 is 1.61 bits per heavy atom. The zero-order valence-electron chi connectivity index (χ0n) is 15.9. The second kappa shape index (κ2) is 7.31. The minimum atomic E-state index is -3.83. The summed E-state index contributed by atoms with van der Waals surface area (Å²) in [5, 5.41) is 2.76. The van der Waals surface area contributed by atoms with Crippen LogP contribution in [0, 0.1) is 0 Å². The lowest BCUT2D eigenvalue weighted by Gasteiger charge is -2.25. The van der Waals surface area contributed by atoms with Crippen LogP contribution in [-0.2, 0) is 32.6 Å². The zero-order chi connectivity index (χ0) is 20.7. The van der Waals surface area contributed by atoms with Crippen molar-refractivity contribution in [3.63, 3.8) is 0 Å². The van der Waals surface area contributed by atoms with Gasteiger partial charge in [0.05, 0.1) is 9.79 Å². The molecule has 1 aliphatic heterocycles. The molecule has 0 atom stereocenters. The topological polar surface area (TPSA) is 101 Å². The maximum Gasteiger partial charge on any atom is 0.255 e. The third-order valence-corrected chi connectivity index (χ3v) is 7.09. The van der Waals surface area contributed by atoms with Gasteiger partial charge in [0, 0.05) is 36.9 Å². The lowest BCUT2D eigenvalue weighted by molar-refractivity contribution is 0.102. The Morgan fingerprint density at radius 3 is 2.25 bits per heavy atom. The minimum Gasteiger partial charge on any atom is -0.322 e. The smallest absolute Gasteiger partial charge is 0.255 e. The number of amides is 1. The van der Waals surface area contributed by atoms with Crippen molar-refractivity contribution in [3.8, 4) is 0 Å². The van der Waals surface area contributed by atoms with Gasteiger partial charge in [0.2, 0.25) is 0 Å². The number of carbonyl (C=O) groups excluding carboxylic acids is 1. The molecule has 0 unspecified atom stereocenters. The van der Waals surface area contributed by atoms with Crippen molar-refractivity contribution in [1.29, 1.82) is 0 Å². The molecule has 0 fully saturated rings. The Kier molecular flexibility index (Phi) is 5.35. The monoisotopic (exact) mass is 422 g/mol. The molecule has 0 bridgehead atoms. The van der Waals surface area contributed by atoms with E-state index >= 15 is 0 Å². The van der Waals surface area contributed by atoms with E-state index in [9.17, 15) is 21.6 Å². The second-order valence-electron chi connectivity index (χ2n) is 7.13. The molecule has 9 heteroatoms. The van der Waals surface area contributed by atoms with E-state index in [1.165, 1.54) is 11.6 Å². The van der Waals surface area contributed by atoms with Crippen LogP contribution in [-0.4, -0.2) is 53.7 Å². The minimum absolute atomic E-state index is 0.0719. The molecule has 28 heavy (non-hydrogen) atoms. The van der Waals surface area contributed by atoms with Crippen molar-refractivity contribution in [2.75, 3.05) is 31.4 Å². The second-order valence-corrected chi connectivity index (χ2v) is 11.1. The number of nitrogens with zero attached hydrogens (tertiary/aromatic N) is 1. The van der Waals surface area contributed by atoms with Gasteiger partial charge in [-0.05, 0) is 54.9 Å². The van der Waals surface area contributed by atoms with Gasteiger partial charge in [-0.3, -0.25) is 4.79 Å². The summed E-state index contributed by atoms with van der Waals surface area (Å²) >= 11 is 0. The van der Waals surface area contributed by atoms with Crippen molar-refractivity contribution < 1.29 is 21.6 Å². The number of hydrogen-bond donors (Lipinski definition) is 1. The first-order valence-electron chi connectivity index (χ1n) is 8.61. The van der Waals surface area contributed by atoms with E-state index in [2.05, 4.69) is 10.2 Å². The molecule has 2 aromatic rings. The Morgan fingerprint density at radius 1 is 0.929 bits per heavy atom. The first kappa shape index (κ1) is 20.5. The van der Waals surface area contributed by atoms with Crippen LogP contribution in [0.3, 0.4) is 0 Å². The molecule has 0 saturated carbocycles. The highest BCUT2D eigenvalue weighted by Gasteiger charge is 2.23. The predicted octanol–water partition coefficient (Wildman–Crippen LogP) is 1.73. The van der Waals surface area contributed by atoms with Gasteiger partial charge in [0.15, 0.2) is 19.7 Å². The quantitative estimate of drug-likeness (QED) is 0.805. The zero-order valence-corrected chi connectivity index (χ0v) is 17.5. The molecule has 0 saturated heterocycles. The van der Waals surface area contributed by atoms with Crippen LogP contribution in [0.1, 0.15) is 21.5 Å². The molecule has 1 aliphatic rings. The Labute approximate surface area is 165 Å². The van der Waals surface area contributed by atoms with Crippen LogP contribution in [0.15, 0.2) is 46.2 Å². The summed E-state index contributed by atoms with van der Waals surface area (Å²) in [4.78, 5) is 14.1. The molecule has 0 radical (unpaired) electrons. The first-order valence-corrected chi connectivity index (χ1v) is 12.4. The SMILES string of the molecule is CN1CCc2ccc(NC(=O)c3ccc(S(C)(=O)=O)c(S(C)(=O)=O)c3)cc2C1. The number of fused-ring (bicyclic) bond motifs is 1. The molecule has 1 amide bonds. The maximum absolute atomic E-state index is 12.6. The van der Waals surface area contributed by atoms with Gasteiger partial charge in [-0.1, -0.05) is 6.07 Å². The van der Waals surface area contributed by atoms with E-state index in [4.69, 9.17) is 0 Å². The summed E-state index contributed by atoms with van der Waals surface area (Å²) in [5.74, 6) is -0.505. The van der Waals surface area contributed by atoms with Gasteiger partial charge in [-0.25, -0.2) is 16.8 Å². The molecule has 7 nitrogen and oxygen atoms in total. The standard InChI is InChI=1S/C19H22N2O5S2/c1-21-9-8-13-4-6-16(10-15(13)12-21)20-19(22)14-5-7-17(27(2,23)24)18(11-14)28(3,25)26/h4-7,10-11H,8-9,12H2,1-3H3,(H,20,22). The van der Waals surface area contributed by atoms with Crippen LogP contribution in [0.25, 0.3) is 0 Å². The van der Waals surface area contributed by atoms with Gasteiger partial charge in [0.1, 0.15) is 0 Å². The number of hydrogen-bond acceptors (Lipinski definition) is 6. The van der Waals surface area contributed by atoms with E-state index in [0.717, 1.165) is 49.7 Å². The van der Waals surface area contributed by atoms with E-state index in [1.807, 2.05) is 25.2 Å². The summed E-state index contributed by atoms with van der Waals surface area (Å²) in [7, 11) is -5.55. The number of sulfone groups is 2. The molecule has 1 heterocycles. The first-order chi connectivity index (χ1) is 12.9. The highest BCUT2D eigenvalue weighted by molar-refractivity contribution is 7.93. The van der Waals surface area contributed by atoms with E-state index in [-0.39, 0.29) is 15.4 Å². The number of carbonyl (C=O) groups is 1. The van der Waals surface area contributed by atoms with Crippen molar-refractivity contribution >= 4 is 31.3 Å². The fraction of sp³-hybridized carbons (Fsp3) is 0.316. The largest absolute Gasteiger partial charge is 0.322 e. The van der Waals surface area contributed by atoms with Gasteiger partial charge in [0.25, 0.3) is 5.91 Å². The summed E-state index contributed by atoms with van der Waals surface area (Å²) in [6.45, 7) is 1.78. The van der Waals surface area contributed by atoms with E-state index in [1.54, 1.807) is 0 Å². The van der Waals surface area contributed by atoms with Gasteiger partial charge in [-0.15, -0.1) is 0 Å². The average molecular weight is 423 g/mol. The van der Waals surface area contributed by atoms with Crippen molar-refractivity contribution in [2.24, 2.45) is 0 Å². The highest BCUT2D eigenvalue weighted by Crippen LogP contribution is 2.25. The summed E-state index contributed by atoms with van der Waals surface area (Å²) in [5.41, 5.74) is 3.05. The lowest BCUT2D eigenvalue weighted by Crippen LogP contribution is -2.26. The molecule has 0 spiro atoms. The number of likely N-dealkylation sites (N-methyl/N-ethyl adjacent to an activating group) is 1. The number of benzene rings is 2. The van der Waals surface area contributed by atoms with Gasteiger partial charge in [-0.2, -0.15) is 0 Å². The fourth-order valence-corrected chi connectivity index (χ4v) is 5.65. The number of anilines is 1. The van der Waals surface area contributed by atoms with Crippen LogP contribution in [0.5, 0.6) is 0 Å². The molecule has 150 valence electrons. The molecule has 0 aromatic heterocycles. The van der Waals surface area contributed by atoms with Crippen molar-refractivity contribution in [1.82, 2.24) is 4.90 Å². The van der Waals surface area contributed by atoms with Crippen molar-refractivity contribution in [2.45, 2.75) is 22.8 Å². The van der Waals surface area contributed by atoms with E-state index in [0.29, 0.717) is 5.69 Å². The predicted molar refractivity (Wildman–Crippen MR) is 107 cm³/mol. The lowest BCUT2D eigenvalue weighted by atomic mass is 9.99. The van der Waals surface area contributed by atoms with Crippen LogP contribution in [0.2, 0.25) is 0 Å². The Bertz CT molecular complexity index is 1150. The Balaban J connectivity index is 1.92. The van der Waals surface area contributed by atoms with Gasteiger partial charge >= 0.3 is 0 Å². The molecular formula is C19H22N2O5S2. The summed E-state index contributed by atoms with van der Waals surface area (Å²) in [6.07, 6.45) is 2.80. The molecule has 1 N–H and O–H groups in total. The van der Waals surface area contributed by atoms with E-state index < -0.39 is 25.6 Å². The maximum atomic E-state index is 12.6. The van der Waals surface area contributed by atoms with Gasteiger partial charge < -0.3 is 10.2 Å². The average Bonchev–Trinajstić information content (AvgIpc) is 2.59. The third kappa shape index (κ3) is 4.43. The third-order valence-electron chi connectivity index (χ3n) is 4.67. The molecule has 3 rings (SSSR count).